The fraction of sp³-hybridized carbons (Fsp3) is 0.389. The zero-order valence-corrected chi connectivity index (χ0v) is 56.5. The van der Waals surface area contributed by atoms with Crippen LogP contribution in [-0.2, 0) is 63.8 Å². The van der Waals surface area contributed by atoms with Crippen molar-refractivity contribution in [2.75, 3.05) is 22.1 Å². The van der Waals surface area contributed by atoms with Crippen molar-refractivity contribution in [3.05, 3.63) is 195 Å². The second-order valence-corrected chi connectivity index (χ2v) is 26.8. The Bertz CT molecular complexity index is 3800. The number of carbonyl (C=O) groups is 4. The molecular weight excluding hydrogens is 1180 g/mol. The first kappa shape index (κ1) is 73.8. The minimum absolute atomic E-state index is 0.0878. The summed E-state index contributed by atoms with van der Waals surface area (Å²) in [6.07, 6.45) is 7.29. The highest BCUT2D eigenvalue weighted by molar-refractivity contribution is 5.76. The summed E-state index contributed by atoms with van der Waals surface area (Å²) in [7, 11) is 0. The third-order valence-electron chi connectivity index (χ3n) is 13.3. The van der Waals surface area contributed by atoms with Gasteiger partial charge in [-0.2, -0.15) is 0 Å². The molecule has 0 amide bonds. The Labute approximate surface area is 545 Å². The first-order valence-corrected chi connectivity index (χ1v) is 30.8. The maximum Gasteiger partial charge on any atom is 0.332 e. The molecule has 0 saturated carbocycles. The molecule has 0 fully saturated rings. The lowest BCUT2D eigenvalue weighted by Gasteiger charge is -2.22. The van der Waals surface area contributed by atoms with Crippen molar-refractivity contribution >= 4 is 75.1 Å². The van der Waals surface area contributed by atoms with Gasteiger partial charge in [0.15, 0.2) is 11.5 Å². The van der Waals surface area contributed by atoms with Gasteiger partial charge in [0.05, 0.1) is 45.5 Å². The van der Waals surface area contributed by atoms with Crippen molar-refractivity contribution in [1.82, 2.24) is 24.5 Å². The molecule has 8 aromatic rings. The molecule has 0 aliphatic rings. The van der Waals surface area contributed by atoms with Gasteiger partial charge in [-0.1, -0.05) is 76.2 Å². The highest BCUT2D eigenvalue weighted by Gasteiger charge is 2.26. The van der Waals surface area contributed by atoms with E-state index in [2.05, 4.69) is 30.6 Å². The minimum atomic E-state index is -0.503. The van der Waals surface area contributed by atoms with Gasteiger partial charge in [-0.3, -0.25) is 29.3 Å². The van der Waals surface area contributed by atoms with Crippen LogP contribution in [0, 0.1) is 33.8 Å². The summed E-state index contributed by atoms with van der Waals surface area (Å²) in [6, 6.07) is 40.5. The quantitative estimate of drug-likeness (QED) is 0.0175. The van der Waals surface area contributed by atoms with Crippen molar-refractivity contribution in [3.8, 4) is 5.69 Å². The van der Waals surface area contributed by atoms with E-state index in [-0.39, 0.29) is 64.7 Å². The monoisotopic (exact) mass is 1270 g/mol. The maximum atomic E-state index is 12.2. The summed E-state index contributed by atoms with van der Waals surface area (Å²) < 4.78 is 23.1. The number of imidazole rings is 1. The Morgan fingerprint density at radius 1 is 0.495 bits per heavy atom. The highest BCUT2D eigenvalue weighted by Crippen LogP contribution is 2.27. The Balaban J connectivity index is 0.000000227. The van der Waals surface area contributed by atoms with Gasteiger partial charge in [-0.05, 0) is 210 Å². The van der Waals surface area contributed by atoms with Crippen LogP contribution in [0.5, 0.6) is 0 Å². The molecular formula is C72H92N10O11. The summed E-state index contributed by atoms with van der Waals surface area (Å²) in [5, 5.41) is 17.2. The number of benzene rings is 4. The molecule has 7 N–H and O–H groups in total. The molecule has 0 aliphatic heterocycles. The van der Waals surface area contributed by atoms with Gasteiger partial charge in [0.1, 0.15) is 22.4 Å². The lowest BCUT2D eigenvalue weighted by molar-refractivity contribution is -0.384. The van der Waals surface area contributed by atoms with Crippen LogP contribution in [0.25, 0.3) is 16.9 Å². The number of hydrogen-bond acceptors (Lipinski definition) is 18. The molecule has 4 aromatic carbocycles. The second-order valence-electron chi connectivity index (χ2n) is 26.8. The Hall–Kier alpha value is -9.92. The number of nitro groups is 1. The predicted molar refractivity (Wildman–Crippen MR) is 366 cm³/mol. The summed E-state index contributed by atoms with van der Waals surface area (Å²) in [4.78, 5) is 86.1. The fourth-order valence-corrected chi connectivity index (χ4v) is 8.86. The number of rotatable bonds is 18. The van der Waals surface area contributed by atoms with E-state index in [0.29, 0.717) is 54.0 Å². The molecule has 496 valence electrons. The number of nitrogens with one attached hydrogen (secondary N) is 3. The minimum Gasteiger partial charge on any atom is -0.460 e. The van der Waals surface area contributed by atoms with Crippen molar-refractivity contribution < 1.29 is 43.0 Å². The number of nitrogens with two attached hydrogens (primary N) is 2. The number of aromatic nitrogens is 5. The van der Waals surface area contributed by atoms with E-state index in [1.165, 1.54) is 22.9 Å². The average Bonchev–Trinajstić information content (AvgIpc) is 1.72. The molecule has 93 heavy (non-hydrogen) atoms. The number of ether oxygens (including phenoxy) is 4. The molecule has 8 rings (SSSR count). The summed E-state index contributed by atoms with van der Waals surface area (Å²) >= 11 is 0. The first-order valence-electron chi connectivity index (χ1n) is 30.8. The van der Waals surface area contributed by atoms with Crippen molar-refractivity contribution in [1.29, 1.82) is 0 Å². The van der Waals surface area contributed by atoms with E-state index >= 15 is 0 Å². The van der Waals surface area contributed by atoms with Crippen LogP contribution in [0.4, 0.5) is 40.1 Å². The van der Waals surface area contributed by atoms with E-state index in [4.69, 9.17) is 30.4 Å². The van der Waals surface area contributed by atoms with E-state index in [1.54, 1.807) is 42.7 Å². The van der Waals surface area contributed by atoms with E-state index in [9.17, 15) is 34.1 Å². The third kappa shape index (κ3) is 25.7. The van der Waals surface area contributed by atoms with E-state index in [1.807, 2.05) is 202 Å². The van der Waals surface area contributed by atoms with Crippen LogP contribution >= 0.6 is 0 Å². The number of hydrogen-bond donors (Lipinski definition) is 5. The van der Waals surface area contributed by atoms with Gasteiger partial charge in [0, 0.05) is 41.7 Å². The van der Waals surface area contributed by atoms with Crippen LogP contribution in [0.15, 0.2) is 157 Å². The third-order valence-corrected chi connectivity index (χ3v) is 13.3. The Morgan fingerprint density at radius 2 is 0.828 bits per heavy atom. The van der Waals surface area contributed by atoms with Gasteiger partial charge >= 0.3 is 35.3 Å². The normalized spacial score (nSPS) is 12.7. The van der Waals surface area contributed by atoms with Crippen LogP contribution in [0.2, 0.25) is 0 Å². The van der Waals surface area contributed by atoms with E-state index < -0.39 is 27.3 Å². The smallest absolute Gasteiger partial charge is 0.332 e. The summed E-state index contributed by atoms with van der Waals surface area (Å²) in [5.74, 6) is -0.780. The molecule has 4 atom stereocenters. The number of nitrogen functional groups attached to an aromatic ring is 2. The second kappa shape index (κ2) is 32.9. The molecule has 0 bridgehead atoms. The lowest BCUT2D eigenvalue weighted by atomic mass is 10.0. The number of anilines is 6. The lowest BCUT2D eigenvalue weighted by Crippen LogP contribution is -2.28. The molecule has 4 heterocycles. The van der Waals surface area contributed by atoms with E-state index in [0.717, 1.165) is 39.3 Å². The fourth-order valence-electron chi connectivity index (χ4n) is 8.86. The van der Waals surface area contributed by atoms with Gasteiger partial charge in [-0.25, -0.2) is 24.3 Å². The van der Waals surface area contributed by atoms with Crippen molar-refractivity contribution in [3.63, 3.8) is 0 Å². The first-order chi connectivity index (χ1) is 43.4. The summed E-state index contributed by atoms with van der Waals surface area (Å²) in [5.41, 5.74) is 18.4. The molecule has 21 nitrogen and oxygen atoms in total. The molecule has 0 saturated heterocycles. The Morgan fingerprint density at radius 3 is 1.20 bits per heavy atom. The highest BCUT2D eigenvalue weighted by atomic mass is 16.6. The molecule has 21 heteroatoms. The van der Waals surface area contributed by atoms with Gasteiger partial charge < -0.3 is 46.0 Å². The number of carbonyl (C=O) groups excluding carboxylic acids is 4. The average molecular weight is 1270 g/mol. The number of H-pyrrole nitrogens is 1. The molecule has 0 radical (unpaired) electrons. The van der Waals surface area contributed by atoms with Gasteiger partial charge in [-0.15, -0.1) is 0 Å². The van der Waals surface area contributed by atoms with Crippen molar-refractivity contribution in [2.45, 2.75) is 159 Å². The van der Waals surface area contributed by atoms with Crippen LogP contribution in [0.1, 0.15) is 133 Å². The molecule has 0 spiro atoms. The van der Waals surface area contributed by atoms with Crippen LogP contribution in [0.3, 0.4) is 0 Å². The molecule has 0 aliphatic carbocycles. The zero-order valence-electron chi connectivity index (χ0n) is 56.5. The molecule has 4 aromatic heterocycles. The largest absolute Gasteiger partial charge is 0.460 e. The van der Waals surface area contributed by atoms with Crippen LogP contribution in [-0.4, -0.2) is 75.7 Å². The van der Waals surface area contributed by atoms with Gasteiger partial charge in [0.2, 0.25) is 5.82 Å². The maximum absolute atomic E-state index is 12.2. The Kier molecular flexibility index (Phi) is 26.1. The summed E-state index contributed by atoms with van der Waals surface area (Å²) in [6.45, 7) is 29.8. The molecule has 0 unspecified atom stereocenters. The van der Waals surface area contributed by atoms with Gasteiger partial charge in [0.25, 0.3) is 0 Å². The van der Waals surface area contributed by atoms with Crippen LogP contribution < -0.4 is 27.8 Å². The number of pyridine rings is 3. The topological polar surface area (TPSA) is 301 Å². The zero-order chi connectivity index (χ0) is 69.0. The number of esters is 4. The number of aromatic amines is 1. The van der Waals surface area contributed by atoms with Crippen molar-refractivity contribution in [2.24, 2.45) is 23.7 Å². The number of fused-ring (bicyclic) bond motifs is 1. The SMILES string of the molecule is C[C@@H](Cc1ccc(-n2c(=O)[nH]c3cccnc32)cc1)C(=O)OC(C)(C)C.C[C@@H](Cc1ccc(N)cc1)C(=O)OC(C)(C)C.C[C@@H](Cc1ccc(Nc2ncccc2N)cc1)C(=O)OC(C)(C)C.C[C@@H](Cc1ccc(Nc2ncccc2[N+](=O)[O-])cc1)C(=O)OC(C)(C)C. The number of nitrogens with zero attached hydrogens (tertiary/aromatic N) is 5. The predicted octanol–water partition coefficient (Wildman–Crippen LogP) is 14.2. The standard InChI is InChI=1S/C20H23N3O3.C19H23N3O4.C19H25N3O2.C14H21NO2/c1-13(18(24)26-20(2,3)4)12-14-7-9-15(10-8-14)23-17-16(22-19(23)25)6-5-11-21-17;1-13(18(23)26-19(2,3)4)12-14-7-9-15(10-8-14)21-17-16(22(24)25)6-5-11-20-17;1-13(18(23)24-19(2,3)4)12-14-7-9-15(10-8-14)22-17-16(20)6-5-11-21-17;1-10(13(16)17-14(2,3)4)9-11-5-7-12(15)8-6-11/h5-11,13H,12H2,1-4H3,(H,22,25);5-11,13H,12H2,1-4H3,(H,20,21);5-11,13H,12,20H2,1-4H3,(H,21,22);5-8,10H,9,15H2,1-4H3/t3*13-;10-/m0000/s1.